The molecule has 0 amide bonds. The van der Waals surface area contributed by atoms with E-state index in [4.69, 9.17) is 5.11 Å². The molecular formula is C21H28N2O. The summed E-state index contributed by atoms with van der Waals surface area (Å²) in [5.74, 6) is 0. The number of piperidine rings is 1. The molecule has 1 fully saturated rings. The van der Waals surface area contributed by atoms with Crippen LogP contribution in [0.5, 0.6) is 0 Å². The molecule has 0 spiro atoms. The summed E-state index contributed by atoms with van der Waals surface area (Å²) in [7, 11) is 0. The molecule has 3 heteroatoms. The van der Waals surface area contributed by atoms with E-state index < -0.39 is 0 Å². The van der Waals surface area contributed by atoms with Crippen molar-refractivity contribution in [2.45, 2.75) is 31.7 Å². The molecule has 1 saturated heterocycles. The number of nitrogens with one attached hydrogen (secondary N) is 1. The third kappa shape index (κ3) is 5.08. The molecule has 0 radical (unpaired) electrons. The van der Waals surface area contributed by atoms with Crippen LogP contribution in [0.15, 0.2) is 54.6 Å². The molecule has 1 aliphatic rings. The molecule has 1 heterocycles. The monoisotopic (exact) mass is 324 g/mol. The fourth-order valence-corrected chi connectivity index (χ4v) is 3.37. The first-order valence-corrected chi connectivity index (χ1v) is 9.06. The Morgan fingerprint density at radius 1 is 0.875 bits per heavy atom. The Labute approximate surface area is 145 Å². The van der Waals surface area contributed by atoms with Crippen LogP contribution in [-0.2, 0) is 12.8 Å². The maximum Gasteiger partial charge on any atom is 0.0471 e. The summed E-state index contributed by atoms with van der Waals surface area (Å²) in [6.45, 7) is 3.72. The Bertz CT molecular complexity index is 589. The average molecular weight is 324 g/mol. The second kappa shape index (κ2) is 8.86. The topological polar surface area (TPSA) is 35.5 Å². The summed E-state index contributed by atoms with van der Waals surface area (Å²) in [6, 6.07) is 19.8. The van der Waals surface area contributed by atoms with Crippen molar-refractivity contribution in [3.05, 3.63) is 65.7 Å². The van der Waals surface area contributed by atoms with Gasteiger partial charge in [0.05, 0.1) is 0 Å². The second-order valence-corrected chi connectivity index (χ2v) is 6.67. The molecule has 2 aromatic carbocycles. The fourth-order valence-electron chi connectivity index (χ4n) is 3.37. The fraction of sp³-hybridized carbons (Fsp3) is 0.429. The van der Waals surface area contributed by atoms with E-state index in [0.717, 1.165) is 19.4 Å². The molecule has 2 N–H and O–H groups in total. The van der Waals surface area contributed by atoms with E-state index in [0.29, 0.717) is 6.04 Å². The zero-order valence-corrected chi connectivity index (χ0v) is 14.3. The van der Waals surface area contributed by atoms with Crippen molar-refractivity contribution in [2.24, 2.45) is 0 Å². The predicted molar refractivity (Wildman–Crippen MR) is 100 cm³/mol. The number of benzene rings is 2. The van der Waals surface area contributed by atoms with E-state index in [1.54, 1.807) is 0 Å². The van der Waals surface area contributed by atoms with Gasteiger partial charge >= 0.3 is 0 Å². The third-order valence-corrected chi connectivity index (χ3v) is 4.87. The summed E-state index contributed by atoms with van der Waals surface area (Å²) in [4.78, 5) is 2.58. The highest BCUT2D eigenvalue weighted by atomic mass is 16.2. The zero-order chi connectivity index (χ0) is 16.6. The highest BCUT2D eigenvalue weighted by Crippen LogP contribution is 2.18. The minimum Gasteiger partial charge on any atom is -0.396 e. The lowest BCUT2D eigenvalue weighted by molar-refractivity contribution is 0.221. The smallest absolute Gasteiger partial charge is 0.0471 e. The SMILES string of the molecule is OCCc1ccc(NC2CCN(CCc3ccccc3)CC2)cc1. The number of anilines is 1. The van der Waals surface area contributed by atoms with Gasteiger partial charge in [-0.05, 0) is 48.9 Å². The standard InChI is InChI=1S/C21H28N2O/c24-17-13-19-6-8-20(9-7-19)22-21-11-15-23(16-12-21)14-10-18-4-2-1-3-5-18/h1-9,21-22,24H,10-17H2. The van der Waals surface area contributed by atoms with E-state index in [1.807, 2.05) is 0 Å². The summed E-state index contributed by atoms with van der Waals surface area (Å²) in [5.41, 5.74) is 3.82. The molecule has 0 bridgehead atoms. The Balaban J connectivity index is 1.40. The van der Waals surface area contributed by atoms with Gasteiger partial charge < -0.3 is 15.3 Å². The highest BCUT2D eigenvalue weighted by Gasteiger charge is 2.18. The van der Waals surface area contributed by atoms with Gasteiger partial charge in [0.2, 0.25) is 0 Å². The number of hydrogen-bond donors (Lipinski definition) is 2. The summed E-state index contributed by atoms with van der Waals surface area (Å²) < 4.78 is 0. The molecule has 0 aliphatic carbocycles. The lowest BCUT2D eigenvalue weighted by Crippen LogP contribution is -2.40. The van der Waals surface area contributed by atoms with Crippen LogP contribution in [-0.4, -0.2) is 42.3 Å². The van der Waals surface area contributed by atoms with Gasteiger partial charge in [-0.15, -0.1) is 0 Å². The van der Waals surface area contributed by atoms with E-state index in [1.165, 1.54) is 42.7 Å². The van der Waals surface area contributed by atoms with Crippen LogP contribution in [0.25, 0.3) is 0 Å². The van der Waals surface area contributed by atoms with Crippen molar-refractivity contribution in [1.82, 2.24) is 4.90 Å². The average Bonchev–Trinajstić information content (AvgIpc) is 2.64. The van der Waals surface area contributed by atoms with Crippen LogP contribution in [0.2, 0.25) is 0 Å². The van der Waals surface area contributed by atoms with Crippen LogP contribution in [0, 0.1) is 0 Å². The van der Waals surface area contributed by atoms with E-state index in [9.17, 15) is 0 Å². The van der Waals surface area contributed by atoms with Gasteiger partial charge in [0.25, 0.3) is 0 Å². The van der Waals surface area contributed by atoms with Gasteiger partial charge in [0.1, 0.15) is 0 Å². The van der Waals surface area contributed by atoms with Crippen LogP contribution < -0.4 is 5.32 Å². The number of aliphatic hydroxyl groups is 1. The maximum atomic E-state index is 8.97. The zero-order valence-electron chi connectivity index (χ0n) is 14.3. The molecule has 3 nitrogen and oxygen atoms in total. The minimum absolute atomic E-state index is 0.216. The van der Waals surface area contributed by atoms with Crippen molar-refractivity contribution < 1.29 is 5.11 Å². The van der Waals surface area contributed by atoms with E-state index in [-0.39, 0.29) is 6.61 Å². The van der Waals surface area contributed by atoms with Crippen LogP contribution >= 0.6 is 0 Å². The number of nitrogens with zero attached hydrogens (tertiary/aromatic N) is 1. The second-order valence-electron chi connectivity index (χ2n) is 6.67. The van der Waals surface area contributed by atoms with Gasteiger partial charge in [-0.3, -0.25) is 0 Å². The van der Waals surface area contributed by atoms with Gasteiger partial charge in [-0.25, -0.2) is 0 Å². The lowest BCUT2D eigenvalue weighted by Gasteiger charge is -2.33. The van der Waals surface area contributed by atoms with Crippen LogP contribution in [0.1, 0.15) is 24.0 Å². The van der Waals surface area contributed by atoms with Crippen LogP contribution in [0.4, 0.5) is 5.69 Å². The van der Waals surface area contributed by atoms with Gasteiger partial charge in [-0.1, -0.05) is 42.5 Å². The first-order valence-electron chi connectivity index (χ1n) is 9.06. The maximum absolute atomic E-state index is 8.97. The first kappa shape index (κ1) is 17.0. The number of hydrogen-bond acceptors (Lipinski definition) is 3. The number of rotatable bonds is 7. The molecule has 128 valence electrons. The molecule has 0 atom stereocenters. The molecule has 24 heavy (non-hydrogen) atoms. The molecule has 1 aliphatic heterocycles. The molecular weight excluding hydrogens is 296 g/mol. The van der Waals surface area contributed by atoms with Gasteiger partial charge in [-0.2, -0.15) is 0 Å². The minimum atomic E-state index is 0.216. The predicted octanol–water partition coefficient (Wildman–Crippen LogP) is 3.34. The van der Waals surface area contributed by atoms with Crippen LogP contribution in [0.3, 0.4) is 0 Å². The lowest BCUT2D eigenvalue weighted by atomic mass is 10.0. The van der Waals surface area contributed by atoms with Crippen molar-refractivity contribution in [1.29, 1.82) is 0 Å². The van der Waals surface area contributed by atoms with Crippen molar-refractivity contribution in [3.8, 4) is 0 Å². The Morgan fingerprint density at radius 2 is 1.54 bits per heavy atom. The van der Waals surface area contributed by atoms with Gasteiger partial charge in [0, 0.05) is 38.0 Å². The first-order chi connectivity index (χ1) is 11.8. The molecule has 2 aromatic rings. The molecule has 0 unspecified atom stereocenters. The Hall–Kier alpha value is -1.84. The summed E-state index contributed by atoms with van der Waals surface area (Å²) in [5, 5.41) is 12.6. The summed E-state index contributed by atoms with van der Waals surface area (Å²) in [6.07, 6.45) is 4.28. The number of likely N-dealkylation sites (tertiary alicyclic amines) is 1. The molecule has 0 aromatic heterocycles. The third-order valence-electron chi connectivity index (χ3n) is 4.87. The molecule has 3 rings (SSSR count). The van der Waals surface area contributed by atoms with Crippen molar-refractivity contribution in [3.63, 3.8) is 0 Å². The summed E-state index contributed by atoms with van der Waals surface area (Å²) >= 11 is 0. The highest BCUT2D eigenvalue weighted by molar-refractivity contribution is 5.45. The van der Waals surface area contributed by atoms with E-state index in [2.05, 4.69) is 64.8 Å². The van der Waals surface area contributed by atoms with Gasteiger partial charge in [0.15, 0.2) is 0 Å². The van der Waals surface area contributed by atoms with E-state index >= 15 is 0 Å². The number of aliphatic hydroxyl groups excluding tert-OH is 1. The normalized spacial score (nSPS) is 16.2. The quantitative estimate of drug-likeness (QED) is 0.820. The Kier molecular flexibility index (Phi) is 6.27. The Morgan fingerprint density at radius 3 is 2.21 bits per heavy atom. The van der Waals surface area contributed by atoms with Crippen molar-refractivity contribution in [2.75, 3.05) is 31.6 Å². The van der Waals surface area contributed by atoms with Crippen molar-refractivity contribution >= 4 is 5.69 Å². The largest absolute Gasteiger partial charge is 0.396 e. The molecule has 0 saturated carbocycles.